The molecule has 1 spiro atoms. The molecule has 5 atom stereocenters. The molecular weight excluding hydrogens is 674 g/mol. The van der Waals surface area contributed by atoms with Crippen molar-refractivity contribution in [1.29, 1.82) is 0 Å². The predicted octanol–water partition coefficient (Wildman–Crippen LogP) is 6.51. The van der Waals surface area contributed by atoms with Crippen LogP contribution in [0.25, 0.3) is 0 Å². The average molecular weight is 723 g/mol. The van der Waals surface area contributed by atoms with Crippen molar-refractivity contribution in [3.63, 3.8) is 0 Å². The zero-order valence-electron chi connectivity index (χ0n) is 27.5. The Balaban J connectivity index is 1.71. The van der Waals surface area contributed by atoms with Crippen molar-refractivity contribution in [2.75, 3.05) is 5.32 Å². The van der Waals surface area contributed by atoms with E-state index >= 15 is 0 Å². The fourth-order valence-electron chi connectivity index (χ4n) is 7.46. The van der Waals surface area contributed by atoms with Crippen LogP contribution in [-0.4, -0.2) is 64.5 Å². The zero-order valence-corrected chi connectivity index (χ0v) is 32.1. The Kier molecular flexibility index (Phi) is 10.2. The number of carbonyl (C=O) groups is 1. The van der Waals surface area contributed by atoms with Gasteiger partial charge in [-0.05, 0) is 0 Å². The summed E-state index contributed by atoms with van der Waals surface area (Å²) in [6, 6.07) is 12.4. The molecule has 1 N–H and O–H groups in total. The molecule has 8 nitrogen and oxygen atoms in total. The first-order valence-corrected chi connectivity index (χ1v) is 22.7. The van der Waals surface area contributed by atoms with Gasteiger partial charge in [-0.1, -0.05) is 0 Å². The minimum absolute atomic E-state index is 0.00606. The van der Waals surface area contributed by atoms with E-state index < -0.39 is 17.1 Å². The van der Waals surface area contributed by atoms with Crippen LogP contribution >= 0.6 is 11.8 Å². The summed E-state index contributed by atoms with van der Waals surface area (Å²) < 4.78 is 25.8. The van der Waals surface area contributed by atoms with Crippen LogP contribution in [0.3, 0.4) is 0 Å². The monoisotopic (exact) mass is 723 g/mol. The molecule has 0 unspecified atom stereocenters. The third-order valence-electron chi connectivity index (χ3n) is 9.58. The van der Waals surface area contributed by atoms with E-state index in [1.807, 2.05) is 11.8 Å². The minimum atomic E-state index is -2.88. The van der Waals surface area contributed by atoms with Crippen molar-refractivity contribution >= 4 is 60.0 Å². The van der Waals surface area contributed by atoms with Gasteiger partial charge in [0, 0.05) is 0 Å². The van der Waals surface area contributed by atoms with Gasteiger partial charge in [-0.2, -0.15) is 0 Å². The third kappa shape index (κ3) is 5.98. The molecule has 2 saturated heterocycles. The molecule has 0 radical (unpaired) electrons. The number of hydrogen-bond acceptors (Lipinski definition) is 7. The van der Waals surface area contributed by atoms with Crippen LogP contribution in [0.15, 0.2) is 47.4 Å². The fourth-order valence-corrected chi connectivity index (χ4v) is 24.7. The summed E-state index contributed by atoms with van der Waals surface area (Å²) in [4.78, 5) is 29.7. The molecule has 1 aromatic heterocycles. The Hall–Kier alpha value is -1.25. The Morgan fingerprint density at radius 2 is 1.61 bits per heavy atom. The summed E-state index contributed by atoms with van der Waals surface area (Å²) in [6.07, 6.45) is 4.67. The van der Waals surface area contributed by atoms with Crippen molar-refractivity contribution in [2.45, 2.75) is 131 Å². The van der Waals surface area contributed by atoms with E-state index in [1.54, 1.807) is 16.8 Å². The molecule has 12 heteroatoms. The van der Waals surface area contributed by atoms with E-state index in [0.29, 0.717) is 0 Å². The second-order valence-corrected chi connectivity index (χ2v) is 26.6. The molecule has 3 heterocycles. The normalized spacial score (nSPS) is 29.5. The number of nitrogens with zero attached hydrogens (tertiary/aromatic N) is 2. The Morgan fingerprint density at radius 1 is 1.00 bits per heavy atom. The second kappa shape index (κ2) is 13.1. The molecule has 2 aromatic rings. The van der Waals surface area contributed by atoms with Gasteiger partial charge < -0.3 is 0 Å². The molecule has 5 rings (SSSR count). The number of carbonyl (C=O) groups excluding carboxylic acids is 1. The van der Waals surface area contributed by atoms with Gasteiger partial charge in [-0.15, -0.1) is 0 Å². The molecule has 2 aliphatic heterocycles. The number of rotatable bonds is 8. The summed E-state index contributed by atoms with van der Waals surface area (Å²) in [7, 11) is -5.64. The standard InChI is InChI=1S/C32H49N3O5SSeSi2/c1-20(2)43(21(3)4)38-26-16-13-18-32(26)29(39-44(40-43,22(5)6)23(7)8)28(42-25-14-11-10-12-15-25)30(41-32)35-19-17-27(33-24(9)36)34-31(35)37/h10-12,14-15,17,19-23,26,28-30H,13,16,18H2,1-9H3,(H,33,34,36,37)/t26-,28+,29-,30+,32-/m0/s1. The van der Waals surface area contributed by atoms with Gasteiger partial charge in [0.05, 0.1) is 0 Å². The molecule has 1 aliphatic carbocycles. The first-order valence-electron chi connectivity index (χ1n) is 16.1. The van der Waals surface area contributed by atoms with Crippen molar-refractivity contribution in [3.8, 4) is 0 Å². The van der Waals surface area contributed by atoms with E-state index in [0.717, 1.165) is 19.3 Å². The molecule has 1 aromatic carbocycles. The SMILES string of the molecule is CC(=O)Nc1ccn([C@@H]2S[C@@]34CCC[C@@H]3O[Si](C(C)C)(C(C)C)O[Si](C(C)C)(C(C)C)O[C@H]4[C@H]2[Se]c2ccccc2)c(=O)n1. The Labute approximate surface area is 275 Å². The fraction of sp³-hybridized carbons (Fsp3) is 0.656. The van der Waals surface area contributed by atoms with E-state index in [-0.39, 0.29) is 81.7 Å². The molecule has 0 bridgehead atoms. The van der Waals surface area contributed by atoms with E-state index in [2.05, 4.69) is 96.0 Å². The average Bonchev–Trinajstić information content (AvgIpc) is 3.46. The van der Waals surface area contributed by atoms with E-state index in [4.69, 9.17) is 13.0 Å². The van der Waals surface area contributed by atoms with Crippen molar-refractivity contribution in [3.05, 3.63) is 53.1 Å². The van der Waals surface area contributed by atoms with Crippen molar-refractivity contribution in [2.24, 2.45) is 0 Å². The van der Waals surface area contributed by atoms with Gasteiger partial charge in [0.15, 0.2) is 0 Å². The predicted molar refractivity (Wildman–Crippen MR) is 184 cm³/mol. The number of anilines is 1. The summed E-state index contributed by atoms with van der Waals surface area (Å²) in [6.45, 7) is 19.6. The van der Waals surface area contributed by atoms with Crippen molar-refractivity contribution < 1.29 is 17.8 Å². The number of amides is 1. The van der Waals surface area contributed by atoms with Gasteiger partial charge in [0.1, 0.15) is 0 Å². The first-order chi connectivity index (χ1) is 20.8. The van der Waals surface area contributed by atoms with E-state index in [1.165, 1.54) is 11.4 Å². The molecule has 3 fully saturated rings. The zero-order chi connectivity index (χ0) is 32.0. The molecule has 242 valence electrons. The summed E-state index contributed by atoms with van der Waals surface area (Å²) in [5.74, 6) is 0.0250. The molecular formula is C32H49N3O5SSeSi2. The number of thioether (sulfide) groups is 1. The van der Waals surface area contributed by atoms with Crippen LogP contribution in [0.4, 0.5) is 5.82 Å². The first kappa shape index (κ1) is 34.1. The number of aromatic nitrogens is 2. The summed E-state index contributed by atoms with van der Waals surface area (Å²) in [5, 5.41) is 2.48. The molecule has 1 saturated carbocycles. The van der Waals surface area contributed by atoms with Gasteiger partial charge >= 0.3 is 277 Å². The maximum absolute atomic E-state index is 13.7. The van der Waals surface area contributed by atoms with Crippen LogP contribution in [0.5, 0.6) is 0 Å². The second-order valence-electron chi connectivity index (χ2n) is 13.7. The number of benzene rings is 1. The van der Waals surface area contributed by atoms with Crippen LogP contribution in [0.1, 0.15) is 86.9 Å². The van der Waals surface area contributed by atoms with Crippen LogP contribution in [0.2, 0.25) is 27.0 Å². The number of nitrogens with one attached hydrogen (secondary N) is 1. The quantitative estimate of drug-likeness (QED) is 0.311. The molecule has 44 heavy (non-hydrogen) atoms. The number of hydrogen-bond donors (Lipinski definition) is 1. The Morgan fingerprint density at radius 3 is 2.18 bits per heavy atom. The van der Waals surface area contributed by atoms with Gasteiger partial charge in [0.25, 0.3) is 0 Å². The Bertz CT molecular complexity index is 1380. The molecule has 3 aliphatic rings. The maximum atomic E-state index is 13.7. The topological polar surface area (TPSA) is 91.7 Å². The van der Waals surface area contributed by atoms with Gasteiger partial charge in [-0.3, -0.25) is 0 Å². The van der Waals surface area contributed by atoms with Crippen molar-refractivity contribution in [1.82, 2.24) is 9.55 Å². The van der Waals surface area contributed by atoms with Crippen LogP contribution in [-0.2, 0) is 17.8 Å². The van der Waals surface area contributed by atoms with E-state index in [9.17, 15) is 9.59 Å². The van der Waals surface area contributed by atoms with Gasteiger partial charge in [-0.25, -0.2) is 0 Å². The molecule has 1 amide bonds. The van der Waals surface area contributed by atoms with Crippen LogP contribution in [0, 0.1) is 0 Å². The summed E-state index contributed by atoms with van der Waals surface area (Å²) >= 11 is 1.88. The van der Waals surface area contributed by atoms with Gasteiger partial charge in [0.2, 0.25) is 0 Å². The third-order valence-corrected chi connectivity index (χ3v) is 24.9. The van der Waals surface area contributed by atoms with Crippen LogP contribution < -0.4 is 15.5 Å². The summed E-state index contributed by atoms with van der Waals surface area (Å²) in [5.41, 5.74) is 0.625.